The van der Waals surface area contributed by atoms with Gasteiger partial charge in [0.05, 0.1) is 12.1 Å². The van der Waals surface area contributed by atoms with E-state index < -0.39 is 0 Å². The van der Waals surface area contributed by atoms with Crippen LogP contribution in [0.25, 0.3) is 0 Å². The number of nitrogens with one attached hydrogen (secondary N) is 1. The van der Waals surface area contributed by atoms with Crippen LogP contribution in [0.3, 0.4) is 0 Å². The topological polar surface area (TPSA) is 75.9 Å². The molecule has 1 saturated heterocycles. The molecule has 3 aliphatic rings. The molecule has 1 aromatic carbocycles. The second-order valence-electron chi connectivity index (χ2n) is 10.3. The lowest BCUT2D eigenvalue weighted by atomic mass is 9.70. The van der Waals surface area contributed by atoms with E-state index in [1.807, 2.05) is 4.90 Å². The molecule has 1 N–H and O–H groups in total. The Kier molecular flexibility index (Phi) is 6.26. The van der Waals surface area contributed by atoms with Gasteiger partial charge < -0.3 is 10.2 Å². The third-order valence-electron chi connectivity index (χ3n) is 8.04. The smallest absolute Gasteiger partial charge is 0.222 e. The van der Waals surface area contributed by atoms with E-state index in [1.54, 1.807) is 0 Å². The standard InChI is InChI=1S/C25H36N6O/c1-25(14-5-2-6-15-25)23(24-27-28-29-31(24)21-11-7-12-21)26-17-19-9-3-4-10-20(19)18-30-16-8-13-22(30)32/h3-4,9-10,21,23,26H,2,5-8,11-18H2,1H3. The predicted molar refractivity (Wildman–Crippen MR) is 123 cm³/mol. The summed E-state index contributed by atoms with van der Waals surface area (Å²) in [6.07, 6.45) is 11.5. The number of benzene rings is 1. The molecule has 3 fully saturated rings. The highest BCUT2D eigenvalue weighted by Gasteiger charge is 2.40. The highest BCUT2D eigenvalue weighted by Crippen LogP contribution is 2.46. The number of hydrogen-bond donors (Lipinski definition) is 1. The Morgan fingerprint density at radius 2 is 1.88 bits per heavy atom. The van der Waals surface area contributed by atoms with Crippen LogP contribution < -0.4 is 5.32 Å². The van der Waals surface area contributed by atoms with Gasteiger partial charge in [0, 0.05) is 26.1 Å². The lowest BCUT2D eigenvalue weighted by molar-refractivity contribution is -0.128. The van der Waals surface area contributed by atoms with E-state index in [-0.39, 0.29) is 17.4 Å². The summed E-state index contributed by atoms with van der Waals surface area (Å²) in [5.41, 5.74) is 2.65. The minimum atomic E-state index is 0.125. The van der Waals surface area contributed by atoms with E-state index in [1.165, 1.54) is 62.5 Å². The van der Waals surface area contributed by atoms with Crippen LogP contribution in [0.4, 0.5) is 0 Å². The van der Waals surface area contributed by atoms with Gasteiger partial charge in [0.15, 0.2) is 5.82 Å². The number of rotatable bonds is 8. The van der Waals surface area contributed by atoms with Crippen molar-refractivity contribution in [3.63, 3.8) is 0 Å². The van der Waals surface area contributed by atoms with Crippen molar-refractivity contribution in [3.05, 3.63) is 41.2 Å². The van der Waals surface area contributed by atoms with Gasteiger partial charge in [-0.1, -0.05) is 50.5 Å². The fourth-order valence-electron chi connectivity index (χ4n) is 5.75. The number of likely N-dealkylation sites (tertiary alicyclic amines) is 1. The van der Waals surface area contributed by atoms with E-state index >= 15 is 0 Å². The van der Waals surface area contributed by atoms with Gasteiger partial charge in [-0.05, 0) is 65.5 Å². The Balaban J connectivity index is 1.38. The average Bonchev–Trinajstić information content (AvgIpc) is 3.38. The Morgan fingerprint density at radius 3 is 2.56 bits per heavy atom. The molecule has 1 aliphatic heterocycles. The van der Waals surface area contributed by atoms with Gasteiger partial charge in [-0.15, -0.1) is 5.10 Å². The minimum Gasteiger partial charge on any atom is -0.338 e. The van der Waals surface area contributed by atoms with Crippen LogP contribution >= 0.6 is 0 Å². The number of aromatic nitrogens is 4. The van der Waals surface area contributed by atoms with E-state index in [4.69, 9.17) is 0 Å². The van der Waals surface area contributed by atoms with Crippen LogP contribution in [-0.4, -0.2) is 37.6 Å². The van der Waals surface area contributed by atoms with Crippen molar-refractivity contribution in [2.45, 2.75) is 96.3 Å². The Labute approximate surface area is 190 Å². The molecule has 0 bridgehead atoms. The lowest BCUT2D eigenvalue weighted by Crippen LogP contribution is -2.40. The van der Waals surface area contributed by atoms with Gasteiger partial charge >= 0.3 is 0 Å². The fourth-order valence-corrected chi connectivity index (χ4v) is 5.75. The largest absolute Gasteiger partial charge is 0.338 e. The second kappa shape index (κ2) is 9.30. The zero-order valence-corrected chi connectivity index (χ0v) is 19.3. The third kappa shape index (κ3) is 4.32. The molecule has 2 aliphatic carbocycles. The molecule has 1 amide bonds. The molecule has 172 valence electrons. The molecule has 5 rings (SSSR count). The number of nitrogens with zero attached hydrogens (tertiary/aromatic N) is 5. The quantitative estimate of drug-likeness (QED) is 0.667. The maximum Gasteiger partial charge on any atom is 0.222 e. The van der Waals surface area contributed by atoms with E-state index in [0.29, 0.717) is 19.0 Å². The lowest BCUT2D eigenvalue weighted by Gasteiger charge is -2.41. The molecule has 2 saturated carbocycles. The van der Waals surface area contributed by atoms with E-state index in [2.05, 4.69) is 56.7 Å². The van der Waals surface area contributed by atoms with Crippen LogP contribution in [0.1, 0.15) is 100 Å². The van der Waals surface area contributed by atoms with Crippen LogP contribution in [0.5, 0.6) is 0 Å². The normalized spacial score (nSPS) is 22.2. The van der Waals surface area contributed by atoms with Crippen LogP contribution in [0, 0.1) is 5.41 Å². The summed E-state index contributed by atoms with van der Waals surface area (Å²) in [5, 5.41) is 17.0. The Hall–Kier alpha value is -2.28. The SMILES string of the molecule is CC1(C(NCc2ccccc2CN2CCCC2=O)c2nnnn2C2CCC2)CCCCC1. The molecule has 32 heavy (non-hydrogen) atoms. The Bertz CT molecular complexity index is 930. The first-order valence-corrected chi connectivity index (χ1v) is 12.5. The maximum absolute atomic E-state index is 12.2. The zero-order chi connectivity index (χ0) is 22.0. The first kappa shape index (κ1) is 21.6. The summed E-state index contributed by atoms with van der Waals surface area (Å²) >= 11 is 0. The van der Waals surface area contributed by atoms with Gasteiger partial charge in [0.25, 0.3) is 0 Å². The molecule has 7 nitrogen and oxygen atoms in total. The fraction of sp³-hybridized carbons (Fsp3) is 0.680. The summed E-state index contributed by atoms with van der Waals surface area (Å²) in [6, 6.07) is 9.11. The average molecular weight is 437 g/mol. The molecule has 0 spiro atoms. The molecule has 1 atom stereocenters. The molecule has 7 heteroatoms. The third-order valence-corrected chi connectivity index (χ3v) is 8.04. The first-order chi connectivity index (χ1) is 15.6. The van der Waals surface area contributed by atoms with Gasteiger partial charge in [0.2, 0.25) is 5.91 Å². The van der Waals surface area contributed by atoms with Gasteiger partial charge in [-0.25, -0.2) is 4.68 Å². The van der Waals surface area contributed by atoms with Gasteiger partial charge in [0.1, 0.15) is 0 Å². The number of carbonyl (C=O) groups excluding carboxylic acids is 1. The molecule has 0 radical (unpaired) electrons. The predicted octanol–water partition coefficient (Wildman–Crippen LogP) is 4.32. The van der Waals surface area contributed by atoms with Gasteiger partial charge in [-0.2, -0.15) is 0 Å². The number of hydrogen-bond acceptors (Lipinski definition) is 5. The Morgan fingerprint density at radius 1 is 1.09 bits per heavy atom. The van der Waals surface area contributed by atoms with E-state index in [9.17, 15) is 4.79 Å². The summed E-state index contributed by atoms with van der Waals surface area (Å²) in [7, 11) is 0. The number of tetrazole rings is 1. The zero-order valence-electron chi connectivity index (χ0n) is 19.3. The van der Waals surface area contributed by atoms with Crippen molar-refractivity contribution in [2.75, 3.05) is 6.54 Å². The molecular formula is C25H36N6O. The van der Waals surface area contributed by atoms with Crippen molar-refractivity contribution >= 4 is 5.91 Å². The molecule has 1 aromatic heterocycles. The first-order valence-electron chi connectivity index (χ1n) is 12.5. The molecular weight excluding hydrogens is 400 g/mol. The van der Waals surface area contributed by atoms with Crippen molar-refractivity contribution in [2.24, 2.45) is 5.41 Å². The number of amides is 1. The van der Waals surface area contributed by atoms with Crippen molar-refractivity contribution in [1.82, 2.24) is 30.4 Å². The summed E-state index contributed by atoms with van der Waals surface area (Å²) < 4.78 is 2.11. The van der Waals surface area contributed by atoms with Crippen LogP contribution in [0.2, 0.25) is 0 Å². The monoisotopic (exact) mass is 436 g/mol. The second-order valence-corrected chi connectivity index (χ2v) is 10.3. The highest BCUT2D eigenvalue weighted by atomic mass is 16.2. The molecule has 2 heterocycles. The van der Waals surface area contributed by atoms with Crippen LogP contribution in [-0.2, 0) is 17.9 Å². The summed E-state index contributed by atoms with van der Waals surface area (Å²) in [5.74, 6) is 1.28. The van der Waals surface area contributed by atoms with Crippen molar-refractivity contribution < 1.29 is 4.79 Å². The maximum atomic E-state index is 12.2. The molecule has 2 aromatic rings. The summed E-state index contributed by atoms with van der Waals surface area (Å²) in [6.45, 7) is 4.75. The minimum absolute atomic E-state index is 0.125. The van der Waals surface area contributed by atoms with Crippen molar-refractivity contribution in [1.29, 1.82) is 0 Å². The molecule has 1 unspecified atom stereocenters. The van der Waals surface area contributed by atoms with Gasteiger partial charge in [-0.3, -0.25) is 4.79 Å². The van der Waals surface area contributed by atoms with Crippen LogP contribution in [0.15, 0.2) is 24.3 Å². The summed E-state index contributed by atoms with van der Waals surface area (Å²) in [4.78, 5) is 14.2. The van der Waals surface area contributed by atoms with E-state index in [0.717, 1.165) is 25.3 Å². The highest BCUT2D eigenvalue weighted by molar-refractivity contribution is 5.78. The number of carbonyl (C=O) groups is 1. The van der Waals surface area contributed by atoms with Crippen molar-refractivity contribution in [3.8, 4) is 0 Å².